The normalized spacial score (nSPS) is 10.1. The molecule has 0 heterocycles. The number of hydrogen-bond acceptors (Lipinski definition) is 5. The minimum Gasteiger partial charge on any atom is -0.495 e. The molecule has 0 unspecified atom stereocenters. The molecule has 8 heteroatoms. The molecule has 0 bridgehead atoms. The first-order valence-electron chi connectivity index (χ1n) is 7.19. The summed E-state index contributed by atoms with van der Waals surface area (Å²) in [4.78, 5) is 23.7. The van der Waals surface area contributed by atoms with Crippen molar-refractivity contribution in [2.75, 3.05) is 31.4 Å². The molecule has 6 nitrogen and oxygen atoms in total. The van der Waals surface area contributed by atoms with Gasteiger partial charge in [-0.1, -0.05) is 23.2 Å². The molecule has 2 aromatic carbocycles. The Morgan fingerprint density at radius 3 is 2.48 bits per heavy atom. The number of carbonyl (C=O) groups is 2. The number of anilines is 2. The molecule has 2 N–H and O–H groups in total. The van der Waals surface area contributed by atoms with Gasteiger partial charge in [-0.2, -0.15) is 0 Å². The number of amides is 1. The van der Waals surface area contributed by atoms with Crippen molar-refractivity contribution in [1.82, 2.24) is 0 Å². The highest BCUT2D eigenvalue weighted by Gasteiger charge is 2.12. The summed E-state index contributed by atoms with van der Waals surface area (Å²) in [7, 11) is 2.80. The minimum atomic E-state index is -0.519. The second-order valence-corrected chi connectivity index (χ2v) is 5.78. The van der Waals surface area contributed by atoms with Crippen molar-refractivity contribution >= 4 is 46.5 Å². The Kier molecular flexibility index (Phi) is 6.50. The minimum absolute atomic E-state index is 0.0461. The van der Waals surface area contributed by atoms with Crippen molar-refractivity contribution in [2.45, 2.75) is 0 Å². The van der Waals surface area contributed by atoms with Crippen LogP contribution in [0.3, 0.4) is 0 Å². The van der Waals surface area contributed by atoms with Crippen LogP contribution in [0.2, 0.25) is 10.0 Å². The summed E-state index contributed by atoms with van der Waals surface area (Å²) in [6.45, 7) is -0.0461. The van der Waals surface area contributed by atoms with Gasteiger partial charge >= 0.3 is 5.97 Å². The van der Waals surface area contributed by atoms with Crippen LogP contribution in [0.1, 0.15) is 10.4 Å². The Labute approximate surface area is 155 Å². The highest BCUT2D eigenvalue weighted by Crippen LogP contribution is 2.27. The fraction of sp³-hybridized carbons (Fsp3) is 0.176. The summed E-state index contributed by atoms with van der Waals surface area (Å²) in [6.07, 6.45) is 0. The van der Waals surface area contributed by atoms with Crippen LogP contribution >= 0.6 is 23.2 Å². The Bertz CT molecular complexity index is 796. The number of methoxy groups -OCH3 is 2. The summed E-state index contributed by atoms with van der Waals surface area (Å²) in [6, 6.07) is 9.50. The van der Waals surface area contributed by atoms with Crippen LogP contribution in [0.15, 0.2) is 36.4 Å². The highest BCUT2D eigenvalue weighted by molar-refractivity contribution is 6.34. The lowest BCUT2D eigenvalue weighted by Crippen LogP contribution is -2.22. The fourth-order valence-corrected chi connectivity index (χ4v) is 2.39. The Balaban J connectivity index is 2.06. The third-order valence-corrected chi connectivity index (χ3v) is 3.83. The van der Waals surface area contributed by atoms with E-state index in [2.05, 4.69) is 15.4 Å². The van der Waals surface area contributed by atoms with E-state index in [4.69, 9.17) is 27.9 Å². The van der Waals surface area contributed by atoms with Gasteiger partial charge in [0.2, 0.25) is 5.91 Å². The molecule has 0 radical (unpaired) electrons. The molecular weight excluding hydrogens is 367 g/mol. The molecule has 132 valence electrons. The molecule has 0 aliphatic carbocycles. The van der Waals surface area contributed by atoms with Crippen LogP contribution in [0.5, 0.6) is 5.75 Å². The van der Waals surface area contributed by atoms with Gasteiger partial charge in [-0.25, -0.2) is 4.79 Å². The molecular formula is C17H16Cl2N2O4. The number of rotatable bonds is 6. The second-order valence-electron chi connectivity index (χ2n) is 4.93. The molecule has 2 aromatic rings. The van der Waals surface area contributed by atoms with Crippen LogP contribution < -0.4 is 15.4 Å². The lowest BCUT2D eigenvalue weighted by molar-refractivity contribution is -0.114. The van der Waals surface area contributed by atoms with Gasteiger partial charge in [-0.3, -0.25) is 4.79 Å². The van der Waals surface area contributed by atoms with E-state index in [1.54, 1.807) is 18.2 Å². The zero-order valence-electron chi connectivity index (χ0n) is 13.6. The smallest absolute Gasteiger partial charge is 0.337 e. The summed E-state index contributed by atoms with van der Waals surface area (Å²) >= 11 is 12.0. The predicted octanol–water partition coefficient (Wildman–Crippen LogP) is 3.84. The van der Waals surface area contributed by atoms with Gasteiger partial charge in [-0.15, -0.1) is 0 Å². The third-order valence-electron chi connectivity index (χ3n) is 3.26. The van der Waals surface area contributed by atoms with Crippen molar-refractivity contribution in [2.24, 2.45) is 0 Å². The van der Waals surface area contributed by atoms with Gasteiger partial charge < -0.3 is 20.1 Å². The number of benzene rings is 2. The van der Waals surface area contributed by atoms with Crippen molar-refractivity contribution in [3.63, 3.8) is 0 Å². The standard InChI is InChI=1S/C17H16Cl2N2O4/c1-24-15-6-4-11(18)8-14(15)20-9-16(22)21-13-7-10(17(23)25-2)3-5-12(13)19/h3-8,20H,9H2,1-2H3,(H,21,22). The quantitative estimate of drug-likeness (QED) is 0.742. The summed E-state index contributed by atoms with van der Waals surface area (Å²) in [5, 5.41) is 6.39. The first kappa shape index (κ1) is 18.9. The number of nitrogens with one attached hydrogen (secondary N) is 2. The molecule has 0 saturated heterocycles. The van der Waals surface area contributed by atoms with Crippen LogP contribution in [-0.4, -0.2) is 32.6 Å². The van der Waals surface area contributed by atoms with Crippen molar-refractivity contribution < 1.29 is 19.1 Å². The van der Waals surface area contributed by atoms with Crippen molar-refractivity contribution in [1.29, 1.82) is 0 Å². The van der Waals surface area contributed by atoms with Crippen LogP contribution in [0.4, 0.5) is 11.4 Å². The largest absolute Gasteiger partial charge is 0.495 e. The van der Waals surface area contributed by atoms with E-state index in [-0.39, 0.29) is 18.0 Å². The summed E-state index contributed by atoms with van der Waals surface area (Å²) in [5.74, 6) is -0.317. The van der Waals surface area contributed by atoms with Crippen molar-refractivity contribution in [3.8, 4) is 5.75 Å². The summed E-state index contributed by atoms with van der Waals surface area (Å²) < 4.78 is 9.84. The van der Waals surface area contributed by atoms with E-state index in [1.165, 1.54) is 32.4 Å². The van der Waals surface area contributed by atoms with Gasteiger partial charge in [0.15, 0.2) is 0 Å². The molecule has 0 aromatic heterocycles. The van der Waals surface area contributed by atoms with Gasteiger partial charge in [0, 0.05) is 5.02 Å². The average Bonchev–Trinajstić information content (AvgIpc) is 2.61. The molecule has 0 spiro atoms. The second kappa shape index (κ2) is 8.60. The average molecular weight is 383 g/mol. The van der Waals surface area contributed by atoms with Gasteiger partial charge in [0.25, 0.3) is 0 Å². The molecule has 1 amide bonds. The maximum absolute atomic E-state index is 12.2. The molecule has 0 aliphatic rings. The van der Waals surface area contributed by atoms with Crippen LogP contribution in [0, 0.1) is 0 Å². The zero-order chi connectivity index (χ0) is 18.4. The Hall–Kier alpha value is -2.44. The number of ether oxygens (including phenoxy) is 2. The topological polar surface area (TPSA) is 76.7 Å². The number of carbonyl (C=O) groups excluding carboxylic acids is 2. The first-order chi connectivity index (χ1) is 11.9. The molecule has 0 atom stereocenters. The number of hydrogen-bond donors (Lipinski definition) is 2. The van der Waals surface area contributed by atoms with Gasteiger partial charge in [0.1, 0.15) is 5.75 Å². The van der Waals surface area contributed by atoms with E-state index < -0.39 is 5.97 Å². The van der Waals surface area contributed by atoms with Crippen LogP contribution in [0.25, 0.3) is 0 Å². The molecule has 2 rings (SSSR count). The Morgan fingerprint density at radius 2 is 1.80 bits per heavy atom. The van der Waals surface area contributed by atoms with E-state index in [0.717, 1.165) is 0 Å². The van der Waals surface area contributed by atoms with Crippen LogP contribution in [-0.2, 0) is 9.53 Å². The molecule has 0 fully saturated rings. The van der Waals surface area contributed by atoms with Crippen molar-refractivity contribution in [3.05, 3.63) is 52.0 Å². The highest BCUT2D eigenvalue weighted by atomic mass is 35.5. The van der Waals surface area contributed by atoms with E-state index in [1.807, 2.05) is 0 Å². The SMILES string of the molecule is COC(=O)c1ccc(Cl)c(NC(=O)CNc2cc(Cl)ccc2OC)c1. The van der Waals surface area contributed by atoms with Gasteiger partial charge in [-0.05, 0) is 36.4 Å². The van der Waals surface area contributed by atoms with E-state index >= 15 is 0 Å². The third kappa shape index (κ3) is 5.01. The number of halogens is 2. The Morgan fingerprint density at radius 1 is 1.04 bits per heavy atom. The monoisotopic (exact) mass is 382 g/mol. The molecule has 0 aliphatic heterocycles. The van der Waals surface area contributed by atoms with E-state index in [9.17, 15) is 9.59 Å². The molecule has 25 heavy (non-hydrogen) atoms. The summed E-state index contributed by atoms with van der Waals surface area (Å²) in [5.41, 5.74) is 1.18. The first-order valence-corrected chi connectivity index (χ1v) is 7.95. The number of esters is 1. The lowest BCUT2D eigenvalue weighted by atomic mass is 10.2. The predicted molar refractivity (Wildman–Crippen MR) is 97.9 cm³/mol. The zero-order valence-corrected chi connectivity index (χ0v) is 15.1. The maximum atomic E-state index is 12.2. The maximum Gasteiger partial charge on any atom is 0.337 e. The van der Waals surface area contributed by atoms with Gasteiger partial charge in [0.05, 0.1) is 42.7 Å². The molecule has 0 saturated carbocycles. The van der Waals surface area contributed by atoms with E-state index in [0.29, 0.717) is 27.2 Å². The lowest BCUT2D eigenvalue weighted by Gasteiger charge is -2.12. The fourth-order valence-electron chi connectivity index (χ4n) is 2.05.